The monoisotopic (exact) mass is 632 g/mol. The van der Waals surface area contributed by atoms with Crippen LogP contribution in [0.2, 0.25) is 0 Å². The highest BCUT2D eigenvalue weighted by Gasteiger charge is 2.55. The van der Waals surface area contributed by atoms with Gasteiger partial charge in [0.25, 0.3) is 17.7 Å². The SMILES string of the molecule is CCOc1ccc(/C=C2\CCC[C@H]3C2=NN(C(=O)CN2N=N[C@@H]4C(=O)N(c5ccccc5)C(=O)[C@@H]42)[C@H]3c2ccc(OCC)cc2)cc1. The number of anilines is 1. The predicted octanol–water partition coefficient (Wildman–Crippen LogP) is 5.60. The fourth-order valence-corrected chi connectivity index (χ4v) is 6.89. The fraction of sp³-hybridized carbons (Fsp3) is 0.333. The van der Waals surface area contributed by atoms with Crippen molar-refractivity contribution in [1.29, 1.82) is 0 Å². The minimum Gasteiger partial charge on any atom is -0.494 e. The van der Waals surface area contributed by atoms with E-state index < -0.39 is 23.9 Å². The molecule has 0 spiro atoms. The van der Waals surface area contributed by atoms with E-state index in [1.54, 1.807) is 29.3 Å². The lowest BCUT2D eigenvalue weighted by Crippen LogP contribution is -2.45. The molecular formula is C36H36N6O5. The van der Waals surface area contributed by atoms with Crippen molar-refractivity contribution >= 4 is 35.2 Å². The van der Waals surface area contributed by atoms with Crippen molar-refractivity contribution in [3.05, 3.63) is 95.6 Å². The lowest BCUT2D eigenvalue weighted by atomic mass is 9.77. The third-order valence-corrected chi connectivity index (χ3v) is 8.99. The number of amides is 3. The highest BCUT2D eigenvalue weighted by atomic mass is 16.5. The molecule has 1 saturated heterocycles. The average molecular weight is 633 g/mol. The summed E-state index contributed by atoms with van der Waals surface area (Å²) in [7, 11) is 0. The molecule has 240 valence electrons. The summed E-state index contributed by atoms with van der Waals surface area (Å²) in [6.07, 6.45) is 4.81. The van der Waals surface area contributed by atoms with Crippen LogP contribution in [0.3, 0.4) is 0 Å². The van der Waals surface area contributed by atoms with Gasteiger partial charge in [0.05, 0.1) is 30.7 Å². The summed E-state index contributed by atoms with van der Waals surface area (Å²) in [5.74, 6) is 0.323. The number of benzene rings is 3. The summed E-state index contributed by atoms with van der Waals surface area (Å²) in [6.45, 7) is 4.80. The first-order valence-corrected chi connectivity index (χ1v) is 16.1. The van der Waals surface area contributed by atoms with Crippen molar-refractivity contribution in [3.63, 3.8) is 0 Å². The van der Waals surface area contributed by atoms with Gasteiger partial charge in [0.15, 0.2) is 12.1 Å². The summed E-state index contributed by atoms with van der Waals surface area (Å²) in [4.78, 5) is 42.0. The molecule has 3 aliphatic heterocycles. The number of para-hydroxylation sites is 1. The second-order valence-electron chi connectivity index (χ2n) is 11.9. The molecule has 0 unspecified atom stereocenters. The van der Waals surface area contributed by atoms with Gasteiger partial charge in [-0.3, -0.25) is 19.4 Å². The Morgan fingerprint density at radius 2 is 1.55 bits per heavy atom. The molecule has 0 radical (unpaired) electrons. The number of hydrazone groups is 1. The minimum absolute atomic E-state index is 0.0178. The van der Waals surface area contributed by atoms with Gasteiger partial charge in [0, 0.05) is 5.92 Å². The Balaban J connectivity index is 1.18. The number of imide groups is 1. The predicted molar refractivity (Wildman–Crippen MR) is 176 cm³/mol. The number of rotatable bonds is 9. The molecule has 1 saturated carbocycles. The summed E-state index contributed by atoms with van der Waals surface area (Å²) < 4.78 is 11.3. The van der Waals surface area contributed by atoms with Gasteiger partial charge in [0.2, 0.25) is 0 Å². The quantitative estimate of drug-likeness (QED) is 0.284. The molecule has 3 aromatic carbocycles. The Bertz CT molecular complexity index is 1750. The van der Waals surface area contributed by atoms with Gasteiger partial charge in [-0.15, -0.1) is 0 Å². The molecule has 1 aliphatic carbocycles. The van der Waals surface area contributed by atoms with Crippen molar-refractivity contribution in [1.82, 2.24) is 10.0 Å². The number of ether oxygens (including phenoxy) is 2. The summed E-state index contributed by atoms with van der Waals surface area (Å²) in [5.41, 5.74) is 4.42. The van der Waals surface area contributed by atoms with E-state index in [1.807, 2.05) is 68.4 Å². The van der Waals surface area contributed by atoms with Crippen LogP contribution in [0.15, 0.2) is 99.9 Å². The van der Waals surface area contributed by atoms with Gasteiger partial charge in [0.1, 0.15) is 18.0 Å². The first-order valence-electron chi connectivity index (χ1n) is 16.1. The maximum Gasteiger partial charge on any atom is 0.264 e. The zero-order valence-electron chi connectivity index (χ0n) is 26.4. The summed E-state index contributed by atoms with van der Waals surface area (Å²) in [5, 5.41) is 16.1. The van der Waals surface area contributed by atoms with Crippen LogP contribution in [-0.2, 0) is 14.4 Å². The molecule has 3 aromatic rings. The molecule has 3 amide bonds. The molecule has 0 aromatic heterocycles. The number of carbonyl (C=O) groups excluding carboxylic acids is 3. The van der Waals surface area contributed by atoms with E-state index in [1.165, 1.54) is 5.01 Å². The molecule has 3 heterocycles. The molecule has 7 rings (SSSR count). The van der Waals surface area contributed by atoms with E-state index in [-0.39, 0.29) is 24.4 Å². The van der Waals surface area contributed by atoms with Gasteiger partial charge in [-0.1, -0.05) is 47.7 Å². The highest BCUT2D eigenvalue weighted by Crippen LogP contribution is 2.45. The van der Waals surface area contributed by atoms with Crippen LogP contribution in [0.25, 0.3) is 6.08 Å². The maximum absolute atomic E-state index is 14.2. The number of nitrogens with zero attached hydrogens (tertiary/aromatic N) is 6. The zero-order valence-corrected chi connectivity index (χ0v) is 26.4. The average Bonchev–Trinajstić information content (AvgIpc) is 3.76. The maximum atomic E-state index is 14.2. The number of allylic oxidation sites excluding steroid dienone is 1. The van der Waals surface area contributed by atoms with Crippen LogP contribution < -0.4 is 14.4 Å². The molecule has 2 fully saturated rings. The molecule has 4 atom stereocenters. The molecule has 4 aliphatic rings. The third kappa shape index (κ3) is 5.66. The lowest BCUT2D eigenvalue weighted by Gasteiger charge is -2.30. The van der Waals surface area contributed by atoms with Crippen LogP contribution in [0.1, 0.15) is 50.3 Å². The second-order valence-corrected chi connectivity index (χ2v) is 11.9. The number of hydrogen-bond donors (Lipinski definition) is 0. The largest absolute Gasteiger partial charge is 0.494 e. The van der Waals surface area contributed by atoms with E-state index in [0.29, 0.717) is 18.9 Å². The fourth-order valence-electron chi connectivity index (χ4n) is 6.89. The minimum atomic E-state index is -0.992. The standard InChI is InChI=1S/C36H36N6O5/c1-3-46-27-17-13-23(14-18-27)21-25-9-8-12-29-31(25)38-42(33(29)24-15-19-28(20-16-24)47-4-2)30(43)22-40-34-32(37-39-40)35(44)41(36(34)45)26-10-6-5-7-11-26/h5-7,10-11,13-21,29,32-34H,3-4,8-9,12,22H2,1-2H3/b25-21+/t29-,32-,33-,34+/m0/s1. The molecule has 11 heteroatoms. The van der Waals surface area contributed by atoms with Gasteiger partial charge >= 0.3 is 0 Å². The molecular weight excluding hydrogens is 596 g/mol. The Hall–Kier alpha value is -5.32. The van der Waals surface area contributed by atoms with Gasteiger partial charge in [-0.25, -0.2) is 9.91 Å². The first-order chi connectivity index (χ1) is 23.0. The lowest BCUT2D eigenvalue weighted by molar-refractivity contribution is -0.136. The smallest absolute Gasteiger partial charge is 0.264 e. The van der Waals surface area contributed by atoms with Crippen molar-refractivity contribution < 1.29 is 23.9 Å². The van der Waals surface area contributed by atoms with Gasteiger partial charge < -0.3 is 9.47 Å². The Labute approximate surface area is 273 Å². The molecule has 0 bridgehead atoms. The van der Waals surface area contributed by atoms with Crippen LogP contribution in [-0.4, -0.2) is 65.3 Å². The second kappa shape index (κ2) is 12.8. The van der Waals surface area contributed by atoms with E-state index in [9.17, 15) is 14.4 Å². The van der Waals surface area contributed by atoms with Crippen molar-refractivity contribution in [2.45, 2.75) is 51.2 Å². The Morgan fingerprint density at radius 3 is 2.23 bits per heavy atom. The highest BCUT2D eigenvalue weighted by molar-refractivity contribution is 6.25. The first kappa shape index (κ1) is 30.3. The van der Waals surface area contributed by atoms with Crippen LogP contribution in [0.4, 0.5) is 5.69 Å². The van der Waals surface area contributed by atoms with Crippen LogP contribution in [0, 0.1) is 5.92 Å². The van der Waals surface area contributed by atoms with Crippen LogP contribution >= 0.6 is 0 Å². The summed E-state index contributed by atoms with van der Waals surface area (Å²) in [6, 6.07) is 22.2. The van der Waals surface area contributed by atoms with Gasteiger partial charge in [-0.2, -0.15) is 10.2 Å². The van der Waals surface area contributed by atoms with E-state index in [0.717, 1.165) is 58.1 Å². The van der Waals surface area contributed by atoms with Crippen LogP contribution in [0.5, 0.6) is 11.5 Å². The number of carbonyl (C=O) groups is 3. The Kier molecular flexibility index (Phi) is 8.28. The van der Waals surface area contributed by atoms with E-state index in [4.69, 9.17) is 14.6 Å². The summed E-state index contributed by atoms with van der Waals surface area (Å²) >= 11 is 0. The van der Waals surface area contributed by atoms with E-state index in [2.05, 4.69) is 16.4 Å². The molecule has 47 heavy (non-hydrogen) atoms. The van der Waals surface area contributed by atoms with Crippen molar-refractivity contribution in [2.75, 3.05) is 24.7 Å². The Morgan fingerprint density at radius 1 is 0.872 bits per heavy atom. The third-order valence-electron chi connectivity index (χ3n) is 8.99. The molecule has 0 N–H and O–H groups in total. The van der Waals surface area contributed by atoms with E-state index >= 15 is 0 Å². The van der Waals surface area contributed by atoms with Crippen molar-refractivity contribution in [3.8, 4) is 11.5 Å². The van der Waals surface area contributed by atoms with Crippen molar-refractivity contribution in [2.24, 2.45) is 21.4 Å². The zero-order chi connectivity index (χ0) is 32.5. The number of hydrogen-bond acceptors (Lipinski definition) is 9. The normalized spacial score (nSPS) is 24.1. The molecule has 11 nitrogen and oxygen atoms in total. The van der Waals surface area contributed by atoms with Gasteiger partial charge in [-0.05, 0) is 92.3 Å². The topological polar surface area (TPSA) is 116 Å². The number of fused-ring (bicyclic) bond motifs is 2.